The van der Waals surface area contributed by atoms with Crippen LogP contribution >= 0.6 is 0 Å². The summed E-state index contributed by atoms with van der Waals surface area (Å²) in [6.07, 6.45) is 0. The molecule has 2 aromatic heterocycles. The second-order valence-electron chi connectivity index (χ2n) is 19.7. The van der Waals surface area contributed by atoms with Crippen molar-refractivity contribution >= 4 is 56.3 Å². The first-order valence-corrected chi connectivity index (χ1v) is 24.6. The smallest absolute Gasteiger partial charge is 0.227 e. The maximum Gasteiger partial charge on any atom is 0.227 e. The van der Waals surface area contributed by atoms with Gasteiger partial charge in [-0.05, 0) is 165 Å². The predicted octanol–water partition coefficient (Wildman–Crippen LogP) is 17.2. The van der Waals surface area contributed by atoms with Crippen molar-refractivity contribution < 1.29 is 8.83 Å². The molecule has 1 aliphatic heterocycles. The van der Waals surface area contributed by atoms with E-state index in [1.54, 1.807) is 0 Å². The summed E-state index contributed by atoms with van der Waals surface area (Å²) in [4.78, 5) is 14.6. The van der Waals surface area contributed by atoms with E-state index >= 15 is 0 Å². The van der Waals surface area contributed by atoms with Crippen molar-refractivity contribution in [3.05, 3.63) is 264 Å². The molecule has 15 rings (SSSR count). The van der Waals surface area contributed by atoms with Gasteiger partial charge in [0, 0.05) is 39.3 Å². The molecule has 3 aliphatic rings. The maximum absolute atomic E-state index is 6.36. The van der Waals surface area contributed by atoms with Crippen LogP contribution in [0.25, 0.3) is 67.4 Å². The van der Waals surface area contributed by atoms with E-state index in [9.17, 15) is 0 Å². The second kappa shape index (κ2) is 15.1. The molecule has 6 nitrogen and oxygen atoms in total. The van der Waals surface area contributed by atoms with Gasteiger partial charge in [0.15, 0.2) is 11.2 Å². The van der Waals surface area contributed by atoms with Crippen LogP contribution in [0.2, 0.25) is 0 Å². The van der Waals surface area contributed by atoms with Crippen molar-refractivity contribution in [2.75, 3.05) is 9.80 Å². The molecule has 12 aromatic rings. The molecular weight excluding hydrogens is 881 g/mol. The third kappa shape index (κ3) is 5.72. The lowest BCUT2D eigenvalue weighted by Gasteiger charge is -2.42. The molecule has 1 spiro atoms. The average Bonchev–Trinajstić information content (AvgIpc) is 4.21. The highest BCUT2D eigenvalue weighted by atomic mass is 16.4. The molecular formula is C66H44N4O2. The van der Waals surface area contributed by atoms with Crippen LogP contribution in [0.5, 0.6) is 0 Å². The summed E-state index contributed by atoms with van der Waals surface area (Å²) in [5.41, 5.74) is 23.4. The second-order valence-corrected chi connectivity index (χ2v) is 19.7. The van der Waals surface area contributed by atoms with Crippen molar-refractivity contribution in [2.45, 2.75) is 24.7 Å². The van der Waals surface area contributed by atoms with Crippen molar-refractivity contribution in [3.63, 3.8) is 0 Å². The Hall–Kier alpha value is -9.26. The number of rotatable bonds is 6. The number of aromatic nitrogens is 2. The Bertz CT molecular complexity index is 4050. The molecule has 0 saturated heterocycles. The maximum atomic E-state index is 6.36. The molecule has 0 radical (unpaired) electrons. The predicted molar refractivity (Wildman–Crippen MR) is 290 cm³/mol. The van der Waals surface area contributed by atoms with Crippen LogP contribution in [-0.4, -0.2) is 9.97 Å². The SMILES string of the molecule is CC1(C)c2ccccc2N(c2ccc3c(c2)C2(c4ccccc4-c4ccccc42)c2cc(N(c4ccccc4)c4ccc(-c5nc6ccccc6o5)cc4)ccc2-3)c2ccc(-c3nc4ccccc4o3)cc21. The number of benzene rings is 10. The Morgan fingerprint density at radius 3 is 1.56 bits per heavy atom. The Kier molecular flexibility index (Phi) is 8.53. The first kappa shape index (κ1) is 40.6. The van der Waals surface area contributed by atoms with Crippen molar-refractivity contribution in [2.24, 2.45) is 0 Å². The molecule has 340 valence electrons. The van der Waals surface area contributed by atoms with Gasteiger partial charge in [-0.25, -0.2) is 9.97 Å². The highest BCUT2D eigenvalue weighted by Gasteiger charge is 2.52. The minimum absolute atomic E-state index is 0.312. The van der Waals surface area contributed by atoms with Crippen LogP contribution in [0.4, 0.5) is 34.1 Å². The third-order valence-corrected chi connectivity index (χ3v) is 15.5. The van der Waals surface area contributed by atoms with Gasteiger partial charge in [0.25, 0.3) is 0 Å². The van der Waals surface area contributed by atoms with E-state index in [4.69, 9.17) is 18.8 Å². The zero-order chi connectivity index (χ0) is 47.7. The van der Waals surface area contributed by atoms with Crippen LogP contribution < -0.4 is 9.80 Å². The highest BCUT2D eigenvalue weighted by molar-refractivity contribution is 5.98. The van der Waals surface area contributed by atoms with Gasteiger partial charge < -0.3 is 18.6 Å². The van der Waals surface area contributed by atoms with Crippen molar-refractivity contribution in [1.29, 1.82) is 0 Å². The molecule has 0 N–H and O–H groups in total. The standard InChI is InChI=1S/C66H44N4O2/c1-65(2)53-22-10-13-25-59(53)70(60-37-30-42(38-56(60)65)64-68-58-24-12-15-27-62(58)72-64)46-34-36-50-49-35-33-45(39-54(49)66(55(50)40-46)51-20-8-6-18-47(51)48-19-7-9-21-52(48)66)69(43-16-4-3-5-17-43)44-31-28-41(29-32-44)63-67-57-23-11-14-26-61(57)71-63/h3-40H,1-2H3. The largest absolute Gasteiger partial charge is 0.436 e. The fourth-order valence-electron chi connectivity index (χ4n) is 12.3. The fourth-order valence-corrected chi connectivity index (χ4v) is 12.3. The molecule has 72 heavy (non-hydrogen) atoms. The highest BCUT2D eigenvalue weighted by Crippen LogP contribution is 2.64. The van der Waals surface area contributed by atoms with Gasteiger partial charge in [0.2, 0.25) is 11.8 Å². The number of hydrogen-bond acceptors (Lipinski definition) is 6. The van der Waals surface area contributed by atoms with E-state index in [2.05, 4.69) is 206 Å². The van der Waals surface area contributed by atoms with Crippen molar-refractivity contribution in [1.82, 2.24) is 9.97 Å². The van der Waals surface area contributed by atoms with Gasteiger partial charge in [0.1, 0.15) is 11.0 Å². The fraction of sp³-hybridized carbons (Fsp3) is 0.0606. The average molecular weight is 925 g/mol. The first-order valence-electron chi connectivity index (χ1n) is 24.6. The Labute approximate surface area is 416 Å². The number of fused-ring (bicyclic) bond motifs is 14. The van der Waals surface area contributed by atoms with E-state index in [-0.39, 0.29) is 5.41 Å². The van der Waals surface area contributed by atoms with Crippen molar-refractivity contribution in [3.8, 4) is 45.2 Å². The summed E-state index contributed by atoms with van der Waals surface area (Å²) in [7, 11) is 0. The molecule has 0 atom stereocenters. The molecule has 3 heterocycles. The summed E-state index contributed by atoms with van der Waals surface area (Å²) < 4.78 is 12.6. The molecule has 0 bridgehead atoms. The summed E-state index contributed by atoms with van der Waals surface area (Å²) in [5.74, 6) is 1.23. The Balaban J connectivity index is 0.920. The number of oxazole rings is 2. The van der Waals surface area contributed by atoms with Gasteiger partial charge in [-0.3, -0.25) is 0 Å². The lowest BCUT2D eigenvalue weighted by Crippen LogP contribution is -2.31. The van der Waals surface area contributed by atoms with E-state index in [1.165, 1.54) is 61.3 Å². The van der Waals surface area contributed by atoms with E-state index in [0.717, 1.165) is 61.8 Å². The van der Waals surface area contributed by atoms with E-state index in [0.29, 0.717) is 11.8 Å². The summed E-state index contributed by atoms with van der Waals surface area (Å²) in [5, 5.41) is 0. The summed E-state index contributed by atoms with van der Waals surface area (Å²) in [6, 6.07) is 83.1. The first-order chi connectivity index (χ1) is 35.4. The molecule has 0 unspecified atom stereocenters. The number of hydrogen-bond donors (Lipinski definition) is 0. The summed E-state index contributed by atoms with van der Waals surface area (Å²) >= 11 is 0. The lowest BCUT2D eigenvalue weighted by atomic mass is 9.70. The molecule has 10 aromatic carbocycles. The molecule has 0 fully saturated rings. The van der Waals surface area contributed by atoms with Gasteiger partial charge in [0.05, 0.1) is 16.8 Å². The quantitative estimate of drug-likeness (QED) is 0.166. The third-order valence-electron chi connectivity index (χ3n) is 15.5. The molecule has 0 saturated carbocycles. The van der Waals surface area contributed by atoms with Gasteiger partial charge >= 0.3 is 0 Å². The Morgan fingerprint density at radius 2 is 0.875 bits per heavy atom. The lowest BCUT2D eigenvalue weighted by molar-refractivity contribution is 0.615. The monoisotopic (exact) mass is 924 g/mol. The van der Waals surface area contributed by atoms with E-state index < -0.39 is 5.41 Å². The number of nitrogens with zero attached hydrogens (tertiary/aromatic N) is 4. The van der Waals surface area contributed by atoms with Crippen LogP contribution in [0.3, 0.4) is 0 Å². The van der Waals surface area contributed by atoms with Crippen LogP contribution in [0.15, 0.2) is 239 Å². The zero-order valence-corrected chi connectivity index (χ0v) is 39.5. The Morgan fingerprint density at radius 1 is 0.375 bits per heavy atom. The molecule has 0 amide bonds. The zero-order valence-electron chi connectivity index (χ0n) is 39.5. The molecule has 2 aliphatic carbocycles. The van der Waals surface area contributed by atoms with Gasteiger partial charge in [-0.2, -0.15) is 0 Å². The van der Waals surface area contributed by atoms with Crippen LogP contribution in [-0.2, 0) is 10.8 Å². The normalized spacial score (nSPS) is 14.2. The summed E-state index contributed by atoms with van der Waals surface area (Å²) in [6.45, 7) is 4.67. The van der Waals surface area contributed by atoms with Gasteiger partial charge in [-0.1, -0.05) is 135 Å². The number of anilines is 6. The number of para-hydroxylation sites is 6. The van der Waals surface area contributed by atoms with E-state index in [1.807, 2.05) is 48.5 Å². The minimum Gasteiger partial charge on any atom is -0.436 e. The molecule has 6 heteroatoms. The topological polar surface area (TPSA) is 58.5 Å². The van der Waals surface area contributed by atoms with Gasteiger partial charge in [-0.15, -0.1) is 0 Å². The van der Waals surface area contributed by atoms with Crippen LogP contribution in [0.1, 0.15) is 47.2 Å². The van der Waals surface area contributed by atoms with Crippen LogP contribution in [0, 0.1) is 0 Å². The minimum atomic E-state index is -0.614.